The van der Waals surface area contributed by atoms with Gasteiger partial charge in [0.1, 0.15) is 5.82 Å². The van der Waals surface area contributed by atoms with Crippen molar-refractivity contribution in [2.24, 2.45) is 5.92 Å². The van der Waals surface area contributed by atoms with Crippen molar-refractivity contribution in [2.75, 3.05) is 11.9 Å². The molecule has 0 spiro atoms. The van der Waals surface area contributed by atoms with Gasteiger partial charge in [-0.2, -0.15) is 13.2 Å². The van der Waals surface area contributed by atoms with Crippen molar-refractivity contribution in [3.63, 3.8) is 0 Å². The molecule has 1 fully saturated rings. The minimum absolute atomic E-state index is 0.0790. The highest BCUT2D eigenvalue weighted by Gasteiger charge is 2.37. The van der Waals surface area contributed by atoms with Gasteiger partial charge in [0.2, 0.25) is 11.8 Å². The number of carbonyl (C=O) groups excluding carboxylic acids is 2. The molecule has 2 amide bonds. The summed E-state index contributed by atoms with van der Waals surface area (Å²) in [6.45, 7) is 2.85. The lowest BCUT2D eigenvalue weighted by Gasteiger charge is -2.17. The number of halogens is 4. The fourth-order valence-corrected chi connectivity index (χ4v) is 3.96. The van der Waals surface area contributed by atoms with E-state index in [2.05, 4.69) is 15.7 Å². The van der Waals surface area contributed by atoms with Crippen LogP contribution in [-0.2, 0) is 27.4 Å². The quantitative estimate of drug-likeness (QED) is 0.421. The van der Waals surface area contributed by atoms with E-state index in [0.717, 1.165) is 12.5 Å². The van der Waals surface area contributed by atoms with Crippen LogP contribution in [0.4, 0.5) is 23.4 Å². The van der Waals surface area contributed by atoms with E-state index in [1.165, 1.54) is 28.9 Å². The van der Waals surface area contributed by atoms with Gasteiger partial charge >= 0.3 is 6.18 Å². The highest BCUT2D eigenvalue weighted by molar-refractivity contribution is 5.97. The first-order valence-corrected chi connectivity index (χ1v) is 11.8. The van der Waals surface area contributed by atoms with Gasteiger partial charge < -0.3 is 15.4 Å². The van der Waals surface area contributed by atoms with Crippen LogP contribution in [0.25, 0.3) is 16.9 Å². The molecule has 1 aliphatic rings. The van der Waals surface area contributed by atoms with Crippen LogP contribution in [0, 0.1) is 11.7 Å². The minimum atomic E-state index is -4.47. The number of nitrogens with one attached hydrogen (secondary N) is 2. The third-order valence-electron chi connectivity index (χ3n) is 6.10. The molecule has 196 valence electrons. The van der Waals surface area contributed by atoms with Crippen LogP contribution in [0.5, 0.6) is 0 Å². The number of ether oxygens (including phenoxy) is 1. The molecule has 0 unspecified atom stereocenters. The van der Waals surface area contributed by atoms with Gasteiger partial charge in [-0.15, -0.1) is 5.10 Å². The average Bonchev–Trinajstić information content (AvgIpc) is 3.48. The lowest BCUT2D eigenvalue weighted by atomic mass is 10.0. The van der Waals surface area contributed by atoms with Crippen molar-refractivity contribution in [3.05, 3.63) is 65.5 Å². The van der Waals surface area contributed by atoms with E-state index < -0.39 is 24.0 Å². The lowest BCUT2D eigenvalue weighted by molar-refractivity contribution is -0.217. The molecule has 37 heavy (non-hydrogen) atoms. The van der Waals surface area contributed by atoms with Crippen molar-refractivity contribution in [3.8, 4) is 16.9 Å². The minimum Gasteiger partial charge on any atom is -0.364 e. The van der Waals surface area contributed by atoms with Gasteiger partial charge in [0.05, 0.1) is 23.9 Å². The summed E-state index contributed by atoms with van der Waals surface area (Å²) in [4.78, 5) is 24.2. The molecule has 1 aliphatic heterocycles. The first kappa shape index (κ1) is 26.3. The average molecular weight is 519 g/mol. The first-order chi connectivity index (χ1) is 17.5. The fraction of sp³-hybridized carbons (Fsp3) is 0.346. The molecule has 0 bridgehead atoms. The van der Waals surface area contributed by atoms with E-state index in [9.17, 15) is 27.2 Å². The molecule has 2 atom stereocenters. The first-order valence-electron chi connectivity index (χ1n) is 11.8. The van der Waals surface area contributed by atoms with Gasteiger partial charge in [-0.05, 0) is 60.9 Å². The Morgan fingerprint density at radius 3 is 2.51 bits per heavy atom. The predicted octanol–water partition coefficient (Wildman–Crippen LogP) is 4.78. The molecule has 2 heterocycles. The largest absolute Gasteiger partial charge is 0.414 e. The topological polar surface area (TPSA) is 85.2 Å². The van der Waals surface area contributed by atoms with Crippen LogP contribution < -0.4 is 10.6 Å². The number of amides is 2. The summed E-state index contributed by atoms with van der Waals surface area (Å²) in [5.41, 5.74) is 3.08. The Bertz CT molecular complexity index is 1290. The van der Waals surface area contributed by atoms with Crippen molar-refractivity contribution < 1.29 is 31.9 Å². The molecule has 0 aliphatic carbocycles. The van der Waals surface area contributed by atoms with Gasteiger partial charge in [-0.25, -0.2) is 9.07 Å². The highest BCUT2D eigenvalue weighted by atomic mass is 19.4. The summed E-state index contributed by atoms with van der Waals surface area (Å²) in [5, 5.41) is 9.83. The molecule has 4 rings (SSSR count). The molecule has 0 saturated carbocycles. The third kappa shape index (κ3) is 6.34. The zero-order chi connectivity index (χ0) is 26.7. The normalized spacial score (nSPS) is 16.5. The second kappa shape index (κ2) is 10.7. The number of anilines is 1. The lowest BCUT2D eigenvalue weighted by Crippen LogP contribution is -2.28. The maximum Gasteiger partial charge on any atom is 0.414 e. The number of hydrogen-bond acceptors (Lipinski definition) is 4. The second-order valence-corrected chi connectivity index (χ2v) is 8.88. The number of rotatable bonds is 8. The third-order valence-corrected chi connectivity index (χ3v) is 6.10. The SMILES string of the molecule is CCc1cc(CO[C@H](C)C(F)(F)F)cc(-c2cc(NC(=O)[C@@H]3CNC(=O)C3)nn2-c2ccc(F)cc2)c1. The van der Waals surface area contributed by atoms with Gasteiger partial charge in [0.25, 0.3) is 0 Å². The smallest absolute Gasteiger partial charge is 0.364 e. The predicted molar refractivity (Wildman–Crippen MR) is 128 cm³/mol. The monoisotopic (exact) mass is 518 g/mol. The van der Waals surface area contributed by atoms with Crippen molar-refractivity contribution in [1.82, 2.24) is 15.1 Å². The Labute approximate surface area is 210 Å². The summed E-state index contributed by atoms with van der Waals surface area (Å²) >= 11 is 0. The molecular weight excluding hydrogens is 492 g/mol. The fourth-order valence-electron chi connectivity index (χ4n) is 3.96. The number of carbonyl (C=O) groups is 2. The molecular formula is C26H26F4N4O3. The maximum atomic E-state index is 13.6. The van der Waals surface area contributed by atoms with Crippen LogP contribution in [0.2, 0.25) is 0 Å². The van der Waals surface area contributed by atoms with Crippen molar-refractivity contribution in [1.29, 1.82) is 0 Å². The standard InChI is InChI=1S/C26H26F4N4O3/c1-3-16-8-17(14-37-15(2)26(28,29)30)10-18(9-16)22-12-23(32-25(36)19-11-24(35)31-13-19)33-34(22)21-6-4-20(27)5-7-21/h4-10,12,15,19H,3,11,13-14H2,1-2H3,(H,31,35)(H,32,33,36)/t15-,19+/m1/s1. The number of aryl methyl sites for hydroxylation is 1. The Hall–Kier alpha value is -3.73. The van der Waals surface area contributed by atoms with E-state index in [0.29, 0.717) is 28.9 Å². The van der Waals surface area contributed by atoms with Gasteiger partial charge in [0, 0.05) is 24.6 Å². The maximum absolute atomic E-state index is 13.6. The van der Waals surface area contributed by atoms with E-state index in [4.69, 9.17) is 4.74 Å². The summed E-state index contributed by atoms with van der Waals surface area (Å²) in [5.74, 6) is -1.32. The van der Waals surface area contributed by atoms with E-state index >= 15 is 0 Å². The van der Waals surface area contributed by atoms with Crippen molar-refractivity contribution >= 4 is 17.6 Å². The number of benzene rings is 2. The molecule has 1 saturated heterocycles. The summed E-state index contributed by atoms with van der Waals surface area (Å²) < 4.78 is 58.9. The second-order valence-electron chi connectivity index (χ2n) is 8.88. The van der Waals surface area contributed by atoms with Crippen molar-refractivity contribution in [2.45, 2.75) is 45.6 Å². The van der Waals surface area contributed by atoms with E-state index in [-0.39, 0.29) is 37.2 Å². The zero-order valence-corrected chi connectivity index (χ0v) is 20.2. The van der Waals surface area contributed by atoms with Crippen LogP contribution in [0.3, 0.4) is 0 Å². The molecule has 2 N–H and O–H groups in total. The summed E-state index contributed by atoms with van der Waals surface area (Å²) in [6.07, 6.45) is -5.70. The van der Waals surface area contributed by atoms with Gasteiger partial charge in [-0.3, -0.25) is 9.59 Å². The zero-order valence-electron chi connectivity index (χ0n) is 20.2. The van der Waals surface area contributed by atoms with E-state index in [1.807, 2.05) is 13.0 Å². The molecule has 11 heteroatoms. The Morgan fingerprint density at radius 2 is 1.89 bits per heavy atom. The Kier molecular flexibility index (Phi) is 7.63. The Balaban J connectivity index is 1.70. The summed E-state index contributed by atoms with van der Waals surface area (Å²) in [6, 6.07) is 12.6. The van der Waals surface area contributed by atoms with Gasteiger partial charge in [0.15, 0.2) is 11.9 Å². The summed E-state index contributed by atoms with van der Waals surface area (Å²) in [7, 11) is 0. The number of nitrogens with zero attached hydrogens (tertiary/aromatic N) is 2. The molecule has 7 nitrogen and oxygen atoms in total. The molecule has 0 radical (unpaired) electrons. The van der Waals surface area contributed by atoms with Crippen LogP contribution in [0.15, 0.2) is 48.5 Å². The Morgan fingerprint density at radius 1 is 1.19 bits per heavy atom. The highest BCUT2D eigenvalue weighted by Crippen LogP contribution is 2.30. The number of hydrogen-bond donors (Lipinski definition) is 2. The van der Waals surface area contributed by atoms with E-state index in [1.54, 1.807) is 18.2 Å². The molecule has 2 aromatic carbocycles. The van der Waals surface area contributed by atoms with Gasteiger partial charge in [-0.1, -0.05) is 13.0 Å². The molecule has 3 aromatic rings. The molecule has 1 aromatic heterocycles. The number of aromatic nitrogens is 2. The van der Waals surface area contributed by atoms with Crippen LogP contribution in [-0.4, -0.2) is 40.4 Å². The van der Waals surface area contributed by atoms with Crippen LogP contribution >= 0.6 is 0 Å². The van der Waals surface area contributed by atoms with Crippen LogP contribution in [0.1, 0.15) is 31.4 Å². The number of alkyl halides is 3.